The molecular formula is C14H14Br2N2O. The third kappa shape index (κ3) is 3.34. The van der Waals surface area contributed by atoms with Crippen molar-refractivity contribution in [2.75, 3.05) is 0 Å². The number of rotatable bonds is 4. The number of Topliss-reactive ketones (excluding diaryl/α,β-unsaturated/α-hetero) is 1. The molecule has 1 heterocycles. The van der Waals surface area contributed by atoms with E-state index in [1.807, 2.05) is 42.8 Å². The van der Waals surface area contributed by atoms with E-state index in [1.165, 1.54) is 0 Å². The number of nitrogens with zero attached hydrogens (tertiary/aromatic N) is 2. The van der Waals surface area contributed by atoms with Crippen molar-refractivity contribution in [3.63, 3.8) is 0 Å². The summed E-state index contributed by atoms with van der Waals surface area (Å²) in [5.74, 6) is 0.0916. The van der Waals surface area contributed by atoms with Gasteiger partial charge in [-0.1, -0.05) is 31.9 Å². The molecule has 2 rings (SSSR count). The minimum atomic E-state index is 0.0916. The van der Waals surface area contributed by atoms with Gasteiger partial charge < -0.3 is 0 Å². The molecule has 0 aliphatic carbocycles. The number of halogens is 2. The molecule has 0 saturated heterocycles. The van der Waals surface area contributed by atoms with E-state index in [0.29, 0.717) is 12.0 Å². The normalized spacial score (nSPS) is 10.7. The quantitative estimate of drug-likeness (QED) is 0.740. The van der Waals surface area contributed by atoms with E-state index >= 15 is 0 Å². The van der Waals surface area contributed by atoms with Crippen LogP contribution in [0.3, 0.4) is 0 Å². The Kier molecular flexibility index (Phi) is 4.58. The maximum absolute atomic E-state index is 12.3. The van der Waals surface area contributed by atoms with Crippen molar-refractivity contribution < 1.29 is 4.79 Å². The number of aromatic nitrogens is 2. The van der Waals surface area contributed by atoms with Gasteiger partial charge >= 0.3 is 0 Å². The zero-order chi connectivity index (χ0) is 14.0. The van der Waals surface area contributed by atoms with Crippen LogP contribution in [0.1, 0.15) is 28.7 Å². The highest BCUT2D eigenvalue weighted by atomic mass is 79.9. The summed E-state index contributed by atoms with van der Waals surface area (Å²) < 4.78 is 3.64. The number of benzene rings is 1. The fraction of sp³-hybridized carbons (Fsp3) is 0.286. The molecule has 0 amide bonds. The number of carbonyl (C=O) groups is 1. The second-order valence-corrected chi connectivity index (χ2v) is 6.09. The summed E-state index contributed by atoms with van der Waals surface area (Å²) >= 11 is 6.81. The summed E-state index contributed by atoms with van der Waals surface area (Å²) in [6.45, 7) is 4.74. The molecule has 1 aromatic carbocycles. The van der Waals surface area contributed by atoms with E-state index in [-0.39, 0.29) is 5.78 Å². The van der Waals surface area contributed by atoms with Crippen LogP contribution in [-0.2, 0) is 13.0 Å². The van der Waals surface area contributed by atoms with E-state index in [0.717, 1.165) is 26.9 Å². The first kappa shape index (κ1) is 14.5. The molecular weight excluding hydrogens is 372 g/mol. The Morgan fingerprint density at radius 1 is 1.32 bits per heavy atom. The summed E-state index contributed by atoms with van der Waals surface area (Å²) in [5, 5.41) is 4.36. The molecule has 0 spiro atoms. The summed E-state index contributed by atoms with van der Waals surface area (Å²) in [6.07, 6.45) is 0.370. The molecule has 0 N–H and O–H groups in total. The van der Waals surface area contributed by atoms with Crippen LogP contribution in [0.4, 0.5) is 0 Å². The minimum absolute atomic E-state index is 0.0916. The Hall–Kier alpha value is -0.940. The summed E-state index contributed by atoms with van der Waals surface area (Å²) in [4.78, 5) is 12.3. The largest absolute Gasteiger partial charge is 0.294 e. The van der Waals surface area contributed by atoms with Crippen molar-refractivity contribution in [3.8, 4) is 0 Å². The zero-order valence-corrected chi connectivity index (χ0v) is 14.0. The zero-order valence-electron chi connectivity index (χ0n) is 10.8. The molecule has 3 nitrogen and oxygen atoms in total. The van der Waals surface area contributed by atoms with Crippen LogP contribution in [-0.4, -0.2) is 15.6 Å². The van der Waals surface area contributed by atoms with E-state index in [9.17, 15) is 4.79 Å². The molecule has 0 saturated carbocycles. The van der Waals surface area contributed by atoms with Crippen molar-refractivity contribution in [1.82, 2.24) is 9.78 Å². The average Bonchev–Trinajstić information content (AvgIpc) is 2.69. The first-order valence-electron chi connectivity index (χ1n) is 6.03. The predicted octanol–water partition coefficient (Wildman–Crippen LogP) is 4.16. The Morgan fingerprint density at radius 2 is 2.05 bits per heavy atom. The standard InChI is InChI=1S/C14H14Br2N2O/c1-3-18-11(6-9(2)17-18)8-14(19)12-5-4-10(15)7-13(12)16/h4-7H,3,8H2,1-2H3. The molecule has 2 aromatic rings. The lowest BCUT2D eigenvalue weighted by atomic mass is 10.1. The number of ketones is 1. The number of hydrogen-bond donors (Lipinski definition) is 0. The van der Waals surface area contributed by atoms with Crippen LogP contribution < -0.4 is 0 Å². The molecule has 100 valence electrons. The second-order valence-electron chi connectivity index (χ2n) is 4.32. The van der Waals surface area contributed by atoms with Gasteiger partial charge in [-0.05, 0) is 38.1 Å². The molecule has 0 aliphatic heterocycles. The van der Waals surface area contributed by atoms with Crippen LogP contribution >= 0.6 is 31.9 Å². The number of hydrogen-bond acceptors (Lipinski definition) is 2. The first-order valence-corrected chi connectivity index (χ1v) is 7.61. The second kappa shape index (κ2) is 6.01. The number of aryl methyl sites for hydroxylation is 2. The summed E-state index contributed by atoms with van der Waals surface area (Å²) in [5.41, 5.74) is 2.60. The van der Waals surface area contributed by atoms with Gasteiger partial charge in [0.05, 0.1) is 12.1 Å². The van der Waals surface area contributed by atoms with Crippen molar-refractivity contribution in [3.05, 3.63) is 50.2 Å². The van der Waals surface area contributed by atoms with Gasteiger partial charge in [0, 0.05) is 26.7 Å². The first-order chi connectivity index (χ1) is 9.01. The minimum Gasteiger partial charge on any atom is -0.294 e. The van der Waals surface area contributed by atoms with E-state index in [4.69, 9.17) is 0 Å². The summed E-state index contributed by atoms with van der Waals surface area (Å²) in [6, 6.07) is 7.56. The smallest absolute Gasteiger partial charge is 0.169 e. The molecule has 0 aliphatic rings. The molecule has 0 radical (unpaired) electrons. The van der Waals surface area contributed by atoms with Crippen molar-refractivity contribution >= 4 is 37.6 Å². The third-order valence-electron chi connectivity index (χ3n) is 2.86. The summed E-state index contributed by atoms with van der Waals surface area (Å²) in [7, 11) is 0. The molecule has 0 bridgehead atoms. The molecule has 0 fully saturated rings. The third-order valence-corrected chi connectivity index (χ3v) is 4.01. The fourth-order valence-corrected chi connectivity index (χ4v) is 3.26. The van der Waals surface area contributed by atoms with Gasteiger partial charge in [0.2, 0.25) is 0 Å². The fourth-order valence-electron chi connectivity index (χ4n) is 1.99. The molecule has 0 atom stereocenters. The van der Waals surface area contributed by atoms with Gasteiger partial charge in [-0.3, -0.25) is 9.48 Å². The van der Waals surface area contributed by atoms with Crippen molar-refractivity contribution in [2.45, 2.75) is 26.8 Å². The monoisotopic (exact) mass is 384 g/mol. The molecule has 19 heavy (non-hydrogen) atoms. The van der Waals surface area contributed by atoms with Crippen LogP contribution in [0.5, 0.6) is 0 Å². The Bertz CT molecular complexity index is 620. The number of carbonyl (C=O) groups excluding carboxylic acids is 1. The van der Waals surface area contributed by atoms with Gasteiger partial charge in [-0.15, -0.1) is 0 Å². The van der Waals surface area contributed by atoms with Gasteiger partial charge in [0.1, 0.15) is 0 Å². The Labute approximate surface area is 129 Å². The van der Waals surface area contributed by atoms with Gasteiger partial charge in [0.15, 0.2) is 5.78 Å². The highest BCUT2D eigenvalue weighted by molar-refractivity contribution is 9.11. The highest BCUT2D eigenvalue weighted by Gasteiger charge is 2.14. The molecule has 1 aromatic heterocycles. The topological polar surface area (TPSA) is 34.9 Å². The van der Waals surface area contributed by atoms with E-state index < -0.39 is 0 Å². The lowest BCUT2D eigenvalue weighted by molar-refractivity contribution is 0.0990. The maximum atomic E-state index is 12.3. The average molecular weight is 386 g/mol. The molecule has 5 heteroatoms. The lowest BCUT2D eigenvalue weighted by Crippen LogP contribution is -2.10. The van der Waals surface area contributed by atoms with Gasteiger partial charge in [0.25, 0.3) is 0 Å². The van der Waals surface area contributed by atoms with E-state index in [1.54, 1.807) is 0 Å². The predicted molar refractivity (Wildman–Crippen MR) is 82.5 cm³/mol. The lowest BCUT2D eigenvalue weighted by Gasteiger charge is -2.06. The Balaban J connectivity index is 2.25. The maximum Gasteiger partial charge on any atom is 0.169 e. The molecule has 0 unspecified atom stereocenters. The van der Waals surface area contributed by atoms with Crippen molar-refractivity contribution in [1.29, 1.82) is 0 Å². The van der Waals surface area contributed by atoms with Gasteiger partial charge in [-0.25, -0.2) is 0 Å². The van der Waals surface area contributed by atoms with Crippen LogP contribution in [0.15, 0.2) is 33.2 Å². The van der Waals surface area contributed by atoms with Crippen LogP contribution in [0.2, 0.25) is 0 Å². The van der Waals surface area contributed by atoms with E-state index in [2.05, 4.69) is 37.0 Å². The van der Waals surface area contributed by atoms with Crippen LogP contribution in [0, 0.1) is 6.92 Å². The van der Waals surface area contributed by atoms with Crippen LogP contribution in [0.25, 0.3) is 0 Å². The SMILES string of the molecule is CCn1nc(C)cc1CC(=O)c1ccc(Br)cc1Br. The van der Waals surface area contributed by atoms with Crippen molar-refractivity contribution in [2.24, 2.45) is 0 Å². The van der Waals surface area contributed by atoms with Gasteiger partial charge in [-0.2, -0.15) is 5.10 Å². The Morgan fingerprint density at radius 3 is 2.68 bits per heavy atom. The highest BCUT2D eigenvalue weighted by Crippen LogP contribution is 2.23.